The number of nitrogens with zero attached hydrogens (tertiary/aromatic N) is 1. The van der Waals surface area contributed by atoms with Gasteiger partial charge < -0.3 is 0 Å². The van der Waals surface area contributed by atoms with Gasteiger partial charge in [-0.1, -0.05) is 6.07 Å². The highest BCUT2D eigenvalue weighted by Gasteiger charge is 2.27. The quantitative estimate of drug-likeness (QED) is 0.798. The van der Waals surface area contributed by atoms with Crippen LogP contribution in [0.2, 0.25) is 0 Å². The number of thiophene rings is 1. The predicted molar refractivity (Wildman–Crippen MR) is 58.3 cm³/mol. The molecule has 0 bridgehead atoms. The Kier molecular flexibility index (Phi) is 1.95. The monoisotopic (exact) mass is 218 g/mol. The van der Waals surface area contributed by atoms with Gasteiger partial charge in [-0.05, 0) is 17.9 Å². The van der Waals surface area contributed by atoms with Crippen molar-refractivity contribution >= 4 is 17.1 Å². The Morgan fingerprint density at radius 3 is 3.20 bits per heavy atom. The lowest BCUT2D eigenvalue weighted by Crippen LogP contribution is -2.17. The summed E-state index contributed by atoms with van der Waals surface area (Å²) >= 11 is 1.72. The number of carbonyl (C=O) groups is 1. The van der Waals surface area contributed by atoms with Crippen molar-refractivity contribution in [2.75, 3.05) is 0 Å². The second-order valence-corrected chi connectivity index (χ2v) is 4.79. The number of hydrogen-bond acceptors (Lipinski definition) is 3. The van der Waals surface area contributed by atoms with Crippen LogP contribution in [0.3, 0.4) is 0 Å². The molecule has 0 unspecified atom stereocenters. The zero-order chi connectivity index (χ0) is 10.3. The van der Waals surface area contributed by atoms with Gasteiger partial charge in [0.05, 0.1) is 11.8 Å². The summed E-state index contributed by atoms with van der Waals surface area (Å²) in [5.41, 5.74) is 1.77. The van der Waals surface area contributed by atoms with Crippen molar-refractivity contribution in [1.29, 1.82) is 0 Å². The Morgan fingerprint density at radius 1 is 1.47 bits per heavy atom. The highest BCUT2D eigenvalue weighted by Crippen LogP contribution is 2.33. The van der Waals surface area contributed by atoms with Crippen LogP contribution in [0.4, 0.5) is 0 Å². The van der Waals surface area contributed by atoms with Crippen molar-refractivity contribution in [3.8, 4) is 0 Å². The molecule has 1 aliphatic rings. The molecule has 0 saturated carbocycles. The van der Waals surface area contributed by atoms with Gasteiger partial charge in [-0.15, -0.1) is 11.3 Å². The maximum Gasteiger partial charge on any atom is 0.166 e. The largest absolute Gasteiger partial charge is 0.294 e. The molecule has 15 heavy (non-hydrogen) atoms. The van der Waals surface area contributed by atoms with Crippen molar-refractivity contribution in [3.05, 3.63) is 39.8 Å². The van der Waals surface area contributed by atoms with Crippen LogP contribution < -0.4 is 0 Å². The fraction of sp³-hybridized carbons (Fsp3) is 0.273. The number of H-pyrrole nitrogens is 1. The van der Waals surface area contributed by atoms with Gasteiger partial charge in [-0.2, -0.15) is 5.10 Å². The SMILES string of the molecule is O=C1C[C@H](c2cccs2)Cc2[nH]ncc21. The zero-order valence-corrected chi connectivity index (χ0v) is 8.88. The third-order valence-electron chi connectivity index (χ3n) is 2.85. The topological polar surface area (TPSA) is 45.8 Å². The van der Waals surface area contributed by atoms with Gasteiger partial charge in [0.15, 0.2) is 5.78 Å². The maximum atomic E-state index is 11.8. The van der Waals surface area contributed by atoms with Crippen LogP contribution in [0.25, 0.3) is 0 Å². The Labute approximate surface area is 91.1 Å². The van der Waals surface area contributed by atoms with Crippen molar-refractivity contribution in [3.63, 3.8) is 0 Å². The highest BCUT2D eigenvalue weighted by molar-refractivity contribution is 7.10. The van der Waals surface area contributed by atoms with Gasteiger partial charge in [0.1, 0.15) is 0 Å². The molecule has 0 amide bonds. The third-order valence-corrected chi connectivity index (χ3v) is 3.88. The fourth-order valence-electron chi connectivity index (χ4n) is 2.09. The second kappa shape index (κ2) is 3.31. The molecule has 0 aliphatic heterocycles. The number of ketones is 1. The Morgan fingerprint density at radius 2 is 2.40 bits per heavy atom. The molecule has 76 valence electrons. The van der Waals surface area contributed by atoms with E-state index in [-0.39, 0.29) is 5.78 Å². The number of carbonyl (C=O) groups excluding carboxylic acids is 1. The molecule has 0 saturated heterocycles. The molecule has 2 heterocycles. The molecule has 4 heteroatoms. The van der Waals surface area contributed by atoms with E-state index in [4.69, 9.17) is 0 Å². The van der Waals surface area contributed by atoms with Gasteiger partial charge in [-0.3, -0.25) is 9.89 Å². The number of fused-ring (bicyclic) bond motifs is 1. The van der Waals surface area contributed by atoms with Crippen molar-refractivity contribution < 1.29 is 4.79 Å². The first-order chi connectivity index (χ1) is 7.34. The highest BCUT2D eigenvalue weighted by atomic mass is 32.1. The molecule has 1 atom stereocenters. The molecule has 2 aromatic rings. The van der Waals surface area contributed by atoms with E-state index in [1.807, 2.05) is 6.07 Å². The normalized spacial score (nSPS) is 20.3. The number of nitrogens with one attached hydrogen (secondary N) is 1. The summed E-state index contributed by atoms with van der Waals surface area (Å²) < 4.78 is 0. The average molecular weight is 218 g/mol. The van der Waals surface area contributed by atoms with E-state index in [1.54, 1.807) is 17.5 Å². The van der Waals surface area contributed by atoms with Crippen LogP contribution in [0.15, 0.2) is 23.7 Å². The number of aromatic nitrogens is 2. The first kappa shape index (κ1) is 8.85. The van der Waals surface area contributed by atoms with Crippen molar-refractivity contribution in [2.45, 2.75) is 18.8 Å². The molecular formula is C11H10N2OS. The fourth-order valence-corrected chi connectivity index (χ4v) is 2.92. The minimum atomic E-state index is 0.211. The lowest BCUT2D eigenvalue weighted by molar-refractivity contribution is 0.0964. The average Bonchev–Trinajstić information content (AvgIpc) is 2.88. The summed E-state index contributed by atoms with van der Waals surface area (Å²) in [6.45, 7) is 0. The number of hydrogen-bond donors (Lipinski definition) is 1. The number of Topliss-reactive ketones (excluding diaryl/α,β-unsaturated/α-hetero) is 1. The van der Waals surface area contributed by atoms with Gasteiger partial charge in [0, 0.05) is 22.9 Å². The van der Waals surface area contributed by atoms with Crippen LogP contribution in [0.5, 0.6) is 0 Å². The lowest BCUT2D eigenvalue weighted by atomic mass is 9.86. The summed E-state index contributed by atoms with van der Waals surface area (Å²) in [4.78, 5) is 13.1. The summed E-state index contributed by atoms with van der Waals surface area (Å²) in [7, 11) is 0. The summed E-state index contributed by atoms with van der Waals surface area (Å²) in [6.07, 6.45) is 3.16. The van der Waals surface area contributed by atoms with E-state index >= 15 is 0 Å². The van der Waals surface area contributed by atoms with E-state index < -0.39 is 0 Å². The molecule has 0 radical (unpaired) electrons. The van der Waals surface area contributed by atoms with Crippen LogP contribution in [-0.4, -0.2) is 16.0 Å². The van der Waals surface area contributed by atoms with Crippen LogP contribution in [-0.2, 0) is 6.42 Å². The molecule has 1 N–H and O–H groups in total. The summed E-state index contributed by atoms with van der Waals surface area (Å²) in [5, 5.41) is 8.90. The van der Waals surface area contributed by atoms with E-state index in [0.717, 1.165) is 17.7 Å². The Bertz CT molecular complexity index is 486. The van der Waals surface area contributed by atoms with Crippen molar-refractivity contribution in [2.24, 2.45) is 0 Å². The van der Waals surface area contributed by atoms with Gasteiger partial charge in [0.25, 0.3) is 0 Å². The Balaban J connectivity index is 1.96. The predicted octanol–water partition coefficient (Wildman–Crippen LogP) is 2.38. The Hall–Kier alpha value is -1.42. The smallest absolute Gasteiger partial charge is 0.166 e. The first-order valence-corrected chi connectivity index (χ1v) is 5.81. The molecular weight excluding hydrogens is 208 g/mol. The molecule has 3 rings (SSSR count). The summed E-state index contributed by atoms with van der Waals surface area (Å²) in [5.74, 6) is 0.550. The minimum Gasteiger partial charge on any atom is -0.294 e. The zero-order valence-electron chi connectivity index (χ0n) is 8.06. The second-order valence-electron chi connectivity index (χ2n) is 3.81. The lowest BCUT2D eigenvalue weighted by Gasteiger charge is -2.19. The number of aromatic amines is 1. The molecule has 3 nitrogen and oxygen atoms in total. The third kappa shape index (κ3) is 1.41. The number of rotatable bonds is 1. The van der Waals surface area contributed by atoms with Crippen LogP contribution in [0, 0.1) is 0 Å². The van der Waals surface area contributed by atoms with Gasteiger partial charge in [-0.25, -0.2) is 0 Å². The summed E-state index contributed by atoms with van der Waals surface area (Å²) in [6, 6.07) is 4.14. The van der Waals surface area contributed by atoms with E-state index in [2.05, 4.69) is 21.6 Å². The standard InChI is InChI=1S/C11H10N2OS/c14-10-5-7(11-2-1-3-15-11)4-9-8(10)6-12-13-9/h1-3,6-7H,4-5H2,(H,12,13)/t7-/m1/s1. The van der Waals surface area contributed by atoms with E-state index in [1.165, 1.54) is 4.88 Å². The molecule has 0 spiro atoms. The van der Waals surface area contributed by atoms with Gasteiger partial charge >= 0.3 is 0 Å². The van der Waals surface area contributed by atoms with Gasteiger partial charge in [0.2, 0.25) is 0 Å². The van der Waals surface area contributed by atoms with E-state index in [9.17, 15) is 4.79 Å². The minimum absolute atomic E-state index is 0.211. The first-order valence-electron chi connectivity index (χ1n) is 4.93. The van der Waals surface area contributed by atoms with Crippen LogP contribution >= 0.6 is 11.3 Å². The molecule has 0 aromatic carbocycles. The van der Waals surface area contributed by atoms with Crippen molar-refractivity contribution in [1.82, 2.24) is 10.2 Å². The molecule has 2 aromatic heterocycles. The van der Waals surface area contributed by atoms with E-state index in [0.29, 0.717) is 12.3 Å². The van der Waals surface area contributed by atoms with Crippen LogP contribution in [0.1, 0.15) is 33.3 Å². The molecule has 0 fully saturated rings. The maximum absolute atomic E-state index is 11.8. The molecule has 1 aliphatic carbocycles.